The Morgan fingerprint density at radius 1 is 1.59 bits per heavy atom. The predicted molar refractivity (Wildman–Crippen MR) is 103 cm³/mol. The van der Waals surface area contributed by atoms with Crippen molar-refractivity contribution < 1.29 is 20.3 Å². The van der Waals surface area contributed by atoms with E-state index in [-0.39, 0.29) is 7.12 Å². The molecule has 1 atom stereocenters. The summed E-state index contributed by atoms with van der Waals surface area (Å²) in [4.78, 5) is 26.9. The lowest BCUT2D eigenvalue weighted by Gasteiger charge is -2.18. The molecule has 0 fully saturated rings. The predicted octanol–water partition coefficient (Wildman–Crippen LogP) is 2.97. The molecule has 0 aliphatic rings. The van der Waals surface area contributed by atoms with Gasteiger partial charge < -0.3 is 9.79 Å². The highest BCUT2D eigenvalue weighted by molar-refractivity contribution is 7.46. The van der Waals surface area contributed by atoms with E-state index in [1.165, 1.54) is 11.6 Å². The second-order valence-corrected chi connectivity index (χ2v) is 6.89. The van der Waals surface area contributed by atoms with Gasteiger partial charge in [-0.25, -0.2) is 14.2 Å². The van der Waals surface area contributed by atoms with Crippen LogP contribution in [0.5, 0.6) is 0 Å². The number of aryl methyl sites for hydroxylation is 1. The van der Waals surface area contributed by atoms with Crippen molar-refractivity contribution in [3.05, 3.63) is 47.4 Å². The smallest absolute Gasteiger partial charge is 0.303 e. The molecule has 0 amide bonds. The van der Waals surface area contributed by atoms with Gasteiger partial charge in [0.1, 0.15) is 6.07 Å². The average Bonchev–Trinajstić information content (AvgIpc) is 2.98. The summed E-state index contributed by atoms with van der Waals surface area (Å²) in [7, 11) is -4.71. The van der Waals surface area contributed by atoms with E-state index in [2.05, 4.69) is 21.7 Å². The monoisotopic (exact) mass is 391 g/mol. The largest absolute Gasteiger partial charge is 0.470 e. The Kier molecular flexibility index (Phi) is 6.41. The molecule has 2 aromatic rings. The minimum atomic E-state index is -4.71. The van der Waals surface area contributed by atoms with Gasteiger partial charge in [-0.3, -0.25) is 9.52 Å². The fourth-order valence-corrected chi connectivity index (χ4v) is 2.92. The van der Waals surface area contributed by atoms with Gasteiger partial charge in [0, 0.05) is 31.0 Å². The van der Waals surface area contributed by atoms with Crippen molar-refractivity contribution >= 4 is 19.6 Å². The van der Waals surface area contributed by atoms with E-state index >= 15 is 0 Å². The van der Waals surface area contributed by atoms with Gasteiger partial charge >= 0.3 is 7.82 Å². The van der Waals surface area contributed by atoms with Gasteiger partial charge in [0.25, 0.3) is 0 Å². The quantitative estimate of drug-likeness (QED) is 0.547. The van der Waals surface area contributed by atoms with E-state index in [1.54, 1.807) is 31.3 Å². The first kappa shape index (κ1) is 20.7. The van der Waals surface area contributed by atoms with Crippen LogP contribution in [0.1, 0.15) is 44.0 Å². The van der Waals surface area contributed by atoms with Crippen LogP contribution in [0.4, 0.5) is 0 Å². The number of rotatable bonds is 7. The zero-order valence-electron chi connectivity index (χ0n) is 15.2. The van der Waals surface area contributed by atoms with E-state index in [0.29, 0.717) is 34.9 Å². The summed E-state index contributed by atoms with van der Waals surface area (Å²) in [6.45, 7) is 9.66. The van der Waals surface area contributed by atoms with E-state index < -0.39 is 13.9 Å². The summed E-state index contributed by atoms with van der Waals surface area (Å²) in [5.74, 6) is 0.290. The number of aliphatic imine (C=N–C) groups is 1. The molecule has 0 saturated carbocycles. The van der Waals surface area contributed by atoms with Crippen molar-refractivity contribution in [3.63, 3.8) is 0 Å². The number of phosphoric acid groups is 1. The molecule has 0 unspecified atom stereocenters. The van der Waals surface area contributed by atoms with E-state index in [0.717, 1.165) is 0 Å². The molecule has 2 heterocycles. The first-order chi connectivity index (χ1) is 12.7. The molecule has 2 rings (SSSR count). The number of nitriles is 1. The van der Waals surface area contributed by atoms with E-state index in [4.69, 9.17) is 19.6 Å². The molecular formula is C17H22N5O4P. The standard InChI is InChI=1S/C17H20N5O4P.H2/c1-5-19-10-11(2)16-7-6-15(13(4)26-27(23,24)25)17(20-16)22-12(3)8-14(9-18)21-22;/h6-8,10,13H,2,5H2,1,3-4H3,(H2,23,24,25);1H/t13-;/m0./s1. The second-order valence-electron chi connectivity index (χ2n) is 5.70. The van der Waals surface area contributed by atoms with Crippen LogP contribution in [0, 0.1) is 18.3 Å². The summed E-state index contributed by atoms with van der Waals surface area (Å²) in [6.07, 6.45) is 0.631. The van der Waals surface area contributed by atoms with Crippen LogP contribution in [-0.2, 0) is 9.09 Å². The molecule has 0 aliphatic carbocycles. The Bertz CT molecular complexity index is 976. The lowest BCUT2D eigenvalue weighted by molar-refractivity contribution is 0.145. The second kappa shape index (κ2) is 8.37. The van der Waals surface area contributed by atoms with E-state index in [9.17, 15) is 4.57 Å². The van der Waals surface area contributed by atoms with Crippen molar-refractivity contribution in [3.8, 4) is 11.9 Å². The number of aromatic nitrogens is 3. The molecule has 27 heavy (non-hydrogen) atoms. The van der Waals surface area contributed by atoms with Crippen molar-refractivity contribution in [2.45, 2.75) is 26.9 Å². The van der Waals surface area contributed by atoms with Crippen LogP contribution in [0.2, 0.25) is 0 Å². The van der Waals surface area contributed by atoms with Crippen molar-refractivity contribution in [2.24, 2.45) is 4.99 Å². The number of hydrogen-bond acceptors (Lipinski definition) is 6. The normalized spacial score (nSPS) is 12.9. The molecule has 10 heteroatoms. The van der Waals surface area contributed by atoms with Gasteiger partial charge in [-0.2, -0.15) is 10.4 Å². The molecule has 0 bridgehead atoms. The third-order valence-electron chi connectivity index (χ3n) is 3.60. The van der Waals surface area contributed by atoms with E-state index in [1.807, 2.05) is 13.0 Å². The van der Waals surface area contributed by atoms with Gasteiger partial charge in [0.2, 0.25) is 0 Å². The molecule has 0 saturated heterocycles. The molecule has 2 aromatic heterocycles. The lowest BCUT2D eigenvalue weighted by atomic mass is 10.1. The highest BCUT2D eigenvalue weighted by Crippen LogP contribution is 2.43. The highest BCUT2D eigenvalue weighted by atomic mass is 31.2. The molecular weight excluding hydrogens is 369 g/mol. The lowest BCUT2D eigenvalue weighted by Crippen LogP contribution is -2.11. The fraction of sp³-hybridized carbons (Fsp3) is 0.294. The maximum Gasteiger partial charge on any atom is 0.470 e. The van der Waals surface area contributed by atoms with Crippen LogP contribution < -0.4 is 0 Å². The molecule has 0 aliphatic heterocycles. The van der Waals surface area contributed by atoms with Gasteiger partial charge in [-0.05, 0) is 32.9 Å². The van der Waals surface area contributed by atoms with Gasteiger partial charge in [0.05, 0.1) is 11.8 Å². The Balaban J connectivity index is 0.00000392. The first-order valence-electron chi connectivity index (χ1n) is 8.07. The summed E-state index contributed by atoms with van der Waals surface area (Å²) in [5, 5.41) is 13.3. The first-order valence-corrected chi connectivity index (χ1v) is 9.60. The van der Waals surface area contributed by atoms with Crippen LogP contribution in [-0.4, -0.2) is 37.3 Å². The number of pyridine rings is 1. The maximum absolute atomic E-state index is 11.2. The Morgan fingerprint density at radius 3 is 2.85 bits per heavy atom. The SMILES string of the molecule is C=C(C=NCC)c1ccc([C@H](C)OP(=O)(O)O)c(-n2nc(C#N)cc2C)n1.[HH]. The molecule has 0 radical (unpaired) electrons. The van der Waals surface area contributed by atoms with Crippen LogP contribution in [0.25, 0.3) is 11.4 Å². The van der Waals surface area contributed by atoms with Gasteiger partial charge in [-0.1, -0.05) is 12.6 Å². The maximum atomic E-state index is 11.2. The number of allylic oxidation sites excluding steroid dienone is 1. The Labute approximate surface area is 158 Å². The molecule has 9 nitrogen and oxygen atoms in total. The Hall–Kier alpha value is -2.63. The Morgan fingerprint density at radius 2 is 2.30 bits per heavy atom. The van der Waals surface area contributed by atoms with Crippen LogP contribution >= 0.6 is 7.82 Å². The number of hydrogen-bond donors (Lipinski definition) is 2. The van der Waals surface area contributed by atoms with Crippen molar-refractivity contribution in [2.75, 3.05) is 6.54 Å². The minimum absolute atomic E-state index is 0. The van der Waals surface area contributed by atoms with Crippen molar-refractivity contribution in [1.29, 1.82) is 5.26 Å². The molecule has 0 spiro atoms. The average molecular weight is 391 g/mol. The number of phosphoric ester groups is 1. The molecule has 144 valence electrons. The van der Waals surface area contributed by atoms with Crippen LogP contribution in [0.3, 0.4) is 0 Å². The highest BCUT2D eigenvalue weighted by Gasteiger charge is 2.24. The summed E-state index contributed by atoms with van der Waals surface area (Å²) < 4.78 is 17.5. The summed E-state index contributed by atoms with van der Waals surface area (Å²) >= 11 is 0. The molecule has 0 aromatic carbocycles. The topological polar surface area (TPSA) is 134 Å². The van der Waals surface area contributed by atoms with Gasteiger partial charge in [-0.15, -0.1) is 0 Å². The molecule has 2 N–H and O–H groups in total. The number of nitrogens with zero attached hydrogens (tertiary/aromatic N) is 5. The zero-order chi connectivity index (χ0) is 20.2. The van der Waals surface area contributed by atoms with Gasteiger partial charge in [0.15, 0.2) is 11.5 Å². The van der Waals surface area contributed by atoms with Crippen LogP contribution in [0.15, 0.2) is 29.8 Å². The zero-order valence-corrected chi connectivity index (χ0v) is 16.1. The fourth-order valence-electron chi connectivity index (χ4n) is 2.40. The summed E-state index contributed by atoms with van der Waals surface area (Å²) in [5.41, 5.74) is 2.31. The van der Waals surface area contributed by atoms with Crippen molar-refractivity contribution in [1.82, 2.24) is 14.8 Å². The minimum Gasteiger partial charge on any atom is -0.303 e. The summed E-state index contributed by atoms with van der Waals surface area (Å²) in [6, 6.07) is 6.83. The third-order valence-corrected chi connectivity index (χ3v) is 4.19. The third kappa shape index (κ3) is 5.18.